The molecule has 3 heterocycles. The lowest BCUT2D eigenvalue weighted by atomic mass is 9.93. The van der Waals surface area contributed by atoms with Crippen LogP contribution in [0.4, 0.5) is 4.39 Å². The average Bonchev–Trinajstić information content (AvgIpc) is 2.74. The van der Waals surface area contributed by atoms with Gasteiger partial charge in [-0.2, -0.15) is 4.31 Å². The summed E-state index contributed by atoms with van der Waals surface area (Å²) in [4.78, 5) is 17.3. The van der Waals surface area contributed by atoms with Crippen LogP contribution in [0.5, 0.6) is 0 Å². The highest BCUT2D eigenvalue weighted by Gasteiger charge is 2.34. The van der Waals surface area contributed by atoms with Crippen molar-refractivity contribution in [2.24, 2.45) is 5.92 Å². The minimum absolute atomic E-state index is 0.00243. The molecule has 3 saturated heterocycles. The van der Waals surface area contributed by atoms with Gasteiger partial charge in [-0.15, -0.1) is 0 Å². The van der Waals surface area contributed by atoms with Gasteiger partial charge < -0.3 is 4.90 Å². The fraction of sp³-hybridized carbons (Fsp3) is 0.667. The largest absolute Gasteiger partial charge is 0.340 e. The molecule has 0 aliphatic carbocycles. The molecule has 0 radical (unpaired) electrons. The molecule has 3 aliphatic rings. The molecule has 4 rings (SSSR count). The number of carbonyl (C=O) groups is 1. The summed E-state index contributed by atoms with van der Waals surface area (Å²) in [7, 11) is -3.68. The predicted octanol–water partition coefficient (Wildman–Crippen LogP) is 2.31. The number of amides is 1. The summed E-state index contributed by atoms with van der Waals surface area (Å²) in [5.41, 5.74) is 0. The fourth-order valence-electron chi connectivity index (χ4n) is 4.89. The van der Waals surface area contributed by atoms with E-state index in [-0.39, 0.29) is 16.7 Å². The van der Waals surface area contributed by atoms with Gasteiger partial charge in [-0.25, -0.2) is 12.8 Å². The summed E-state index contributed by atoms with van der Waals surface area (Å²) in [6.45, 7) is 4.54. The topological polar surface area (TPSA) is 60.9 Å². The highest BCUT2D eigenvalue weighted by molar-refractivity contribution is 7.89. The van der Waals surface area contributed by atoms with E-state index in [1.165, 1.54) is 41.8 Å². The molecule has 1 aromatic rings. The van der Waals surface area contributed by atoms with Gasteiger partial charge in [0, 0.05) is 45.2 Å². The molecular weight excluding hydrogens is 393 g/mol. The minimum Gasteiger partial charge on any atom is -0.340 e. The molecule has 1 amide bonds. The fourth-order valence-corrected chi connectivity index (χ4v) is 6.39. The van der Waals surface area contributed by atoms with Gasteiger partial charge in [0.15, 0.2) is 0 Å². The summed E-state index contributed by atoms with van der Waals surface area (Å²) in [5.74, 6) is -0.128. The number of nitrogens with zero attached hydrogens (tertiary/aromatic N) is 3. The first-order chi connectivity index (χ1) is 13.9. The van der Waals surface area contributed by atoms with Crippen molar-refractivity contribution < 1.29 is 17.6 Å². The Kier molecular flexibility index (Phi) is 6.22. The molecule has 3 aliphatic heterocycles. The number of sulfonamides is 1. The van der Waals surface area contributed by atoms with E-state index in [4.69, 9.17) is 0 Å². The standard InChI is InChI=1S/C21H30FN3O3S/c22-18-4-3-6-20(15-18)29(27,28)25-10-7-17(8-11-25)14-21(26)24-13-12-23-9-2-1-5-19(23)16-24/h3-4,6,15,17,19H,1-2,5,7-14,16H2. The van der Waals surface area contributed by atoms with Gasteiger partial charge in [-0.1, -0.05) is 12.5 Å². The Morgan fingerprint density at radius 1 is 1.03 bits per heavy atom. The van der Waals surface area contributed by atoms with E-state index in [1.54, 1.807) is 0 Å². The number of hydrogen-bond donors (Lipinski definition) is 0. The number of rotatable bonds is 4. The summed E-state index contributed by atoms with van der Waals surface area (Å²) in [6, 6.07) is 5.66. The van der Waals surface area contributed by atoms with E-state index in [2.05, 4.69) is 4.90 Å². The average molecular weight is 424 g/mol. The second-order valence-electron chi connectivity index (χ2n) is 8.53. The molecule has 0 aromatic heterocycles. The normalized spacial score (nSPS) is 25.0. The zero-order chi connectivity index (χ0) is 20.4. The van der Waals surface area contributed by atoms with Crippen molar-refractivity contribution in [1.82, 2.24) is 14.1 Å². The molecular formula is C21H30FN3O3S. The minimum atomic E-state index is -3.68. The lowest BCUT2D eigenvalue weighted by Crippen LogP contribution is -2.56. The zero-order valence-electron chi connectivity index (χ0n) is 16.8. The van der Waals surface area contributed by atoms with Crippen molar-refractivity contribution in [3.05, 3.63) is 30.1 Å². The predicted molar refractivity (Wildman–Crippen MR) is 108 cm³/mol. The van der Waals surface area contributed by atoms with Crippen LogP contribution in [0.1, 0.15) is 38.5 Å². The van der Waals surface area contributed by atoms with Gasteiger partial charge in [0.05, 0.1) is 4.90 Å². The van der Waals surface area contributed by atoms with E-state index in [0.29, 0.717) is 38.4 Å². The van der Waals surface area contributed by atoms with E-state index < -0.39 is 15.8 Å². The maximum atomic E-state index is 13.4. The molecule has 0 saturated carbocycles. The molecule has 8 heteroatoms. The van der Waals surface area contributed by atoms with Crippen LogP contribution in [0.2, 0.25) is 0 Å². The summed E-state index contributed by atoms with van der Waals surface area (Å²) >= 11 is 0. The number of carbonyl (C=O) groups excluding carboxylic acids is 1. The van der Waals surface area contributed by atoms with Gasteiger partial charge in [0.1, 0.15) is 5.82 Å². The first-order valence-electron chi connectivity index (χ1n) is 10.7. The smallest absolute Gasteiger partial charge is 0.243 e. The van der Waals surface area contributed by atoms with Gasteiger partial charge in [-0.3, -0.25) is 9.69 Å². The molecule has 3 fully saturated rings. The van der Waals surface area contributed by atoms with Gasteiger partial charge in [-0.05, 0) is 56.3 Å². The molecule has 6 nitrogen and oxygen atoms in total. The number of halogens is 1. The van der Waals surface area contributed by atoms with Crippen molar-refractivity contribution in [2.75, 3.05) is 39.3 Å². The first-order valence-corrected chi connectivity index (χ1v) is 12.1. The maximum absolute atomic E-state index is 13.4. The van der Waals surface area contributed by atoms with Gasteiger partial charge in [0.25, 0.3) is 0 Å². The lowest BCUT2D eigenvalue weighted by molar-refractivity contribution is -0.136. The van der Waals surface area contributed by atoms with E-state index in [9.17, 15) is 17.6 Å². The van der Waals surface area contributed by atoms with Crippen LogP contribution in [0.25, 0.3) is 0 Å². The second-order valence-corrected chi connectivity index (χ2v) is 10.5. The van der Waals surface area contributed by atoms with Crippen LogP contribution in [-0.2, 0) is 14.8 Å². The number of benzene rings is 1. The van der Waals surface area contributed by atoms with Crippen molar-refractivity contribution in [1.29, 1.82) is 0 Å². The molecule has 0 spiro atoms. The van der Waals surface area contributed by atoms with Crippen molar-refractivity contribution in [3.8, 4) is 0 Å². The van der Waals surface area contributed by atoms with Crippen molar-refractivity contribution in [2.45, 2.75) is 49.5 Å². The third kappa shape index (κ3) is 4.64. The third-order valence-corrected chi connectivity index (χ3v) is 8.56. The number of fused-ring (bicyclic) bond motifs is 1. The van der Waals surface area contributed by atoms with Crippen LogP contribution in [-0.4, -0.2) is 73.7 Å². The Morgan fingerprint density at radius 2 is 1.83 bits per heavy atom. The molecule has 0 N–H and O–H groups in total. The Bertz CT molecular complexity index is 839. The van der Waals surface area contributed by atoms with Crippen molar-refractivity contribution >= 4 is 15.9 Å². The third-order valence-electron chi connectivity index (χ3n) is 6.66. The molecule has 29 heavy (non-hydrogen) atoms. The highest BCUT2D eigenvalue weighted by atomic mass is 32.2. The Labute approximate surface area is 172 Å². The molecule has 1 aromatic carbocycles. The quantitative estimate of drug-likeness (QED) is 0.746. The highest BCUT2D eigenvalue weighted by Crippen LogP contribution is 2.27. The first kappa shape index (κ1) is 20.8. The van der Waals surface area contributed by atoms with Crippen molar-refractivity contribution in [3.63, 3.8) is 0 Å². The van der Waals surface area contributed by atoms with Crippen LogP contribution >= 0.6 is 0 Å². The molecule has 0 bridgehead atoms. The van der Waals surface area contributed by atoms with Crippen LogP contribution < -0.4 is 0 Å². The summed E-state index contributed by atoms with van der Waals surface area (Å²) < 4.78 is 40.3. The van der Waals surface area contributed by atoms with E-state index in [0.717, 1.165) is 32.2 Å². The summed E-state index contributed by atoms with van der Waals surface area (Å²) in [6.07, 6.45) is 5.54. The zero-order valence-corrected chi connectivity index (χ0v) is 17.6. The van der Waals surface area contributed by atoms with E-state index >= 15 is 0 Å². The lowest BCUT2D eigenvalue weighted by Gasteiger charge is -2.44. The number of piperidine rings is 2. The SMILES string of the molecule is O=C(CC1CCN(S(=O)(=O)c2cccc(F)c2)CC1)N1CCN2CCCCC2C1. The molecule has 1 atom stereocenters. The second kappa shape index (κ2) is 8.70. The number of piperazine rings is 1. The Balaban J connectivity index is 1.29. The van der Waals surface area contributed by atoms with Crippen LogP contribution in [0.15, 0.2) is 29.2 Å². The molecule has 160 valence electrons. The summed E-state index contributed by atoms with van der Waals surface area (Å²) in [5, 5.41) is 0. The molecule has 1 unspecified atom stereocenters. The van der Waals surface area contributed by atoms with Crippen LogP contribution in [0, 0.1) is 11.7 Å². The van der Waals surface area contributed by atoms with Gasteiger partial charge >= 0.3 is 0 Å². The number of hydrogen-bond acceptors (Lipinski definition) is 4. The van der Waals surface area contributed by atoms with E-state index in [1.807, 2.05) is 4.90 Å². The maximum Gasteiger partial charge on any atom is 0.243 e. The Hall–Kier alpha value is -1.51. The van der Waals surface area contributed by atoms with Gasteiger partial charge in [0.2, 0.25) is 15.9 Å². The monoisotopic (exact) mass is 423 g/mol. The van der Waals surface area contributed by atoms with Crippen LogP contribution in [0.3, 0.4) is 0 Å². The Morgan fingerprint density at radius 3 is 2.59 bits per heavy atom.